The molecule has 3 aromatic rings. The van der Waals surface area contributed by atoms with E-state index in [0.717, 1.165) is 11.1 Å². The maximum absolute atomic E-state index is 14.4. The van der Waals surface area contributed by atoms with Crippen molar-refractivity contribution in [1.82, 2.24) is 14.9 Å². The first-order chi connectivity index (χ1) is 26.9. The smallest absolute Gasteiger partial charge is 0.407 e. The summed E-state index contributed by atoms with van der Waals surface area (Å²) in [5.74, 6) is 1.34. The standard InChI is InChI=1S/C40H53N3O12S/c1-5-49-37-35(18-21-50-37)55-39(46)42-32(22-28-12-14-30(15-13-28)52-25-29-10-7-6-8-11-29)33(44)24-43(26-40(2,3)19-9-20-51-38(45)41-4)56(47,48)31-16-17-34-36(23-31)54-27-53-34/h6-8,10-17,23,32-33,35,37,44H,5,9,18-22,24-27H2,1-4H3,(H,41,45)(H,42,46)/t32-,33+,35+,37-/m0/s1. The second-order valence-electron chi connectivity index (χ2n) is 14.3. The summed E-state index contributed by atoms with van der Waals surface area (Å²) in [5.41, 5.74) is 1.13. The topological polar surface area (TPSA) is 180 Å². The first-order valence-electron chi connectivity index (χ1n) is 18.8. The Morgan fingerprint density at radius 3 is 2.48 bits per heavy atom. The van der Waals surface area contributed by atoms with Gasteiger partial charge < -0.3 is 48.9 Å². The number of hydrogen-bond donors (Lipinski definition) is 3. The number of alkyl carbamates (subject to hydrolysis) is 2. The van der Waals surface area contributed by atoms with Crippen molar-refractivity contribution >= 4 is 22.2 Å². The van der Waals surface area contributed by atoms with E-state index >= 15 is 0 Å². The van der Waals surface area contributed by atoms with Crippen molar-refractivity contribution in [2.24, 2.45) is 5.41 Å². The highest BCUT2D eigenvalue weighted by molar-refractivity contribution is 7.89. The quantitative estimate of drug-likeness (QED) is 0.131. The van der Waals surface area contributed by atoms with Crippen LogP contribution in [-0.4, -0.2) is 101 Å². The normalized spacial score (nSPS) is 17.6. The second kappa shape index (κ2) is 20.0. The van der Waals surface area contributed by atoms with Crippen molar-refractivity contribution in [2.75, 3.05) is 46.8 Å². The van der Waals surface area contributed by atoms with Crippen molar-refractivity contribution in [1.29, 1.82) is 0 Å². The SMILES string of the molecule is CCO[C@H]1OCC[C@H]1OC(=O)N[C@@H](Cc1ccc(OCc2ccccc2)cc1)[C@H](O)CN(CC(C)(C)CCCOC(=O)NC)S(=O)(=O)c1ccc2c(c1)OCO2. The first kappa shape index (κ1) is 42.5. The Kier molecular flexibility index (Phi) is 15.2. The molecule has 0 spiro atoms. The van der Waals surface area contributed by atoms with Gasteiger partial charge in [-0.3, -0.25) is 0 Å². The number of amides is 2. The predicted molar refractivity (Wildman–Crippen MR) is 205 cm³/mol. The maximum Gasteiger partial charge on any atom is 0.407 e. The molecule has 2 heterocycles. The summed E-state index contributed by atoms with van der Waals surface area (Å²) in [4.78, 5) is 25.0. The number of aliphatic hydroxyl groups excluding tert-OH is 1. The highest BCUT2D eigenvalue weighted by Crippen LogP contribution is 2.36. The molecule has 1 saturated heterocycles. The van der Waals surface area contributed by atoms with Crippen molar-refractivity contribution < 1.29 is 56.3 Å². The molecule has 306 valence electrons. The third-order valence-corrected chi connectivity index (χ3v) is 11.2. The number of hydrogen-bond acceptors (Lipinski definition) is 12. The Labute approximate surface area is 328 Å². The Morgan fingerprint density at radius 2 is 1.75 bits per heavy atom. The third-order valence-electron chi connectivity index (χ3n) is 9.38. The fourth-order valence-electron chi connectivity index (χ4n) is 6.41. The summed E-state index contributed by atoms with van der Waals surface area (Å²) in [6, 6.07) is 20.4. The number of fused-ring (bicyclic) bond motifs is 1. The second-order valence-corrected chi connectivity index (χ2v) is 16.3. The van der Waals surface area contributed by atoms with Gasteiger partial charge in [-0.1, -0.05) is 56.3 Å². The van der Waals surface area contributed by atoms with E-state index in [1.165, 1.54) is 29.6 Å². The number of ether oxygens (including phenoxy) is 7. The van der Waals surface area contributed by atoms with Crippen LogP contribution in [0.25, 0.3) is 0 Å². The van der Waals surface area contributed by atoms with Crippen LogP contribution in [0, 0.1) is 5.41 Å². The van der Waals surface area contributed by atoms with Gasteiger partial charge in [-0.25, -0.2) is 18.0 Å². The zero-order chi connectivity index (χ0) is 40.1. The Bertz CT molecular complexity index is 1830. The van der Waals surface area contributed by atoms with Gasteiger partial charge in [0.15, 0.2) is 23.9 Å². The summed E-state index contributed by atoms with van der Waals surface area (Å²) >= 11 is 0. The molecule has 3 aromatic carbocycles. The van der Waals surface area contributed by atoms with Gasteiger partial charge in [0.2, 0.25) is 16.8 Å². The van der Waals surface area contributed by atoms with Gasteiger partial charge in [0, 0.05) is 39.2 Å². The van der Waals surface area contributed by atoms with Crippen LogP contribution in [0.1, 0.15) is 51.2 Å². The number of sulfonamides is 1. The van der Waals surface area contributed by atoms with E-state index in [0.29, 0.717) is 50.6 Å². The molecular weight excluding hydrogens is 747 g/mol. The Hall–Kier alpha value is -4.61. The fourth-order valence-corrected chi connectivity index (χ4v) is 8.08. The Balaban J connectivity index is 1.37. The van der Waals surface area contributed by atoms with Gasteiger partial charge in [-0.2, -0.15) is 4.31 Å². The van der Waals surface area contributed by atoms with Crippen LogP contribution in [0.4, 0.5) is 9.59 Å². The molecule has 2 amide bonds. The Morgan fingerprint density at radius 1 is 1.00 bits per heavy atom. The van der Waals surface area contributed by atoms with Crippen molar-refractivity contribution in [2.45, 2.75) is 82.5 Å². The number of nitrogens with one attached hydrogen (secondary N) is 2. The van der Waals surface area contributed by atoms with Gasteiger partial charge in [0.1, 0.15) is 12.4 Å². The van der Waals surface area contributed by atoms with Crippen LogP contribution in [0.15, 0.2) is 77.7 Å². The summed E-state index contributed by atoms with van der Waals surface area (Å²) < 4.78 is 68.9. The van der Waals surface area contributed by atoms with Crippen LogP contribution < -0.4 is 24.8 Å². The van der Waals surface area contributed by atoms with E-state index < -0.39 is 52.2 Å². The van der Waals surface area contributed by atoms with E-state index in [4.69, 9.17) is 33.2 Å². The number of nitrogens with zero attached hydrogens (tertiary/aromatic N) is 1. The molecule has 5 rings (SSSR count). The van der Waals surface area contributed by atoms with Gasteiger partial charge in [0.25, 0.3) is 0 Å². The zero-order valence-corrected chi connectivity index (χ0v) is 33.1. The molecule has 0 aromatic heterocycles. The predicted octanol–water partition coefficient (Wildman–Crippen LogP) is 5.00. The largest absolute Gasteiger partial charge is 0.489 e. The van der Waals surface area contributed by atoms with Crippen LogP contribution >= 0.6 is 0 Å². The lowest BCUT2D eigenvalue weighted by Gasteiger charge is -2.35. The molecule has 0 saturated carbocycles. The molecule has 0 aliphatic carbocycles. The van der Waals surface area contributed by atoms with E-state index in [2.05, 4.69) is 10.6 Å². The third kappa shape index (κ3) is 12.2. The minimum Gasteiger partial charge on any atom is -0.489 e. The summed E-state index contributed by atoms with van der Waals surface area (Å²) in [6.45, 7) is 6.42. The highest BCUT2D eigenvalue weighted by Gasteiger charge is 2.37. The molecule has 56 heavy (non-hydrogen) atoms. The molecule has 0 unspecified atom stereocenters. The summed E-state index contributed by atoms with van der Waals surface area (Å²) in [5, 5.41) is 17.2. The lowest BCUT2D eigenvalue weighted by molar-refractivity contribution is -0.147. The van der Waals surface area contributed by atoms with Crippen molar-refractivity contribution in [3.8, 4) is 17.2 Å². The van der Waals surface area contributed by atoms with E-state index in [-0.39, 0.29) is 43.6 Å². The van der Waals surface area contributed by atoms with E-state index in [1.807, 2.05) is 63.2 Å². The van der Waals surface area contributed by atoms with Crippen LogP contribution in [-0.2, 0) is 42.0 Å². The van der Waals surface area contributed by atoms with Gasteiger partial charge in [0.05, 0.1) is 30.3 Å². The average molecular weight is 800 g/mol. The highest BCUT2D eigenvalue weighted by atomic mass is 32.2. The molecular formula is C40H53N3O12S. The molecule has 4 atom stereocenters. The molecule has 16 heteroatoms. The van der Waals surface area contributed by atoms with Crippen LogP contribution in [0.2, 0.25) is 0 Å². The number of benzene rings is 3. The summed E-state index contributed by atoms with van der Waals surface area (Å²) in [6.07, 6.45) is -2.63. The number of rotatable bonds is 20. The molecule has 2 aliphatic heterocycles. The molecule has 15 nitrogen and oxygen atoms in total. The first-order valence-corrected chi connectivity index (χ1v) is 20.2. The summed E-state index contributed by atoms with van der Waals surface area (Å²) in [7, 11) is -2.78. The number of aliphatic hydroxyl groups is 1. The van der Waals surface area contributed by atoms with Crippen LogP contribution in [0.3, 0.4) is 0 Å². The van der Waals surface area contributed by atoms with Gasteiger partial charge in [-0.15, -0.1) is 0 Å². The molecule has 1 fully saturated rings. The van der Waals surface area contributed by atoms with Crippen molar-refractivity contribution in [3.63, 3.8) is 0 Å². The maximum atomic E-state index is 14.4. The molecule has 3 N–H and O–H groups in total. The fraction of sp³-hybridized carbons (Fsp3) is 0.500. The zero-order valence-electron chi connectivity index (χ0n) is 32.3. The monoisotopic (exact) mass is 799 g/mol. The lowest BCUT2D eigenvalue weighted by Crippen LogP contribution is -2.52. The van der Waals surface area contributed by atoms with Gasteiger partial charge >= 0.3 is 12.2 Å². The molecule has 2 aliphatic rings. The van der Waals surface area contributed by atoms with Crippen LogP contribution in [0.5, 0.6) is 17.2 Å². The number of carbonyl (C=O) groups excluding carboxylic acids is 2. The van der Waals surface area contributed by atoms with Gasteiger partial charge in [-0.05, 0) is 67.0 Å². The lowest BCUT2D eigenvalue weighted by atomic mass is 9.87. The molecule has 0 bridgehead atoms. The van der Waals surface area contributed by atoms with E-state index in [9.17, 15) is 23.1 Å². The minimum atomic E-state index is -4.25. The minimum absolute atomic E-state index is 0.0130. The number of carbonyl (C=O) groups is 2. The van der Waals surface area contributed by atoms with Crippen molar-refractivity contribution in [3.05, 3.63) is 83.9 Å². The van der Waals surface area contributed by atoms with E-state index in [1.54, 1.807) is 12.1 Å². The average Bonchev–Trinajstić information content (AvgIpc) is 3.85. The molecule has 0 radical (unpaired) electrons.